The molecule has 11 atom stereocenters. The van der Waals surface area contributed by atoms with Gasteiger partial charge in [0.2, 0.25) is 6.10 Å². The number of hydrogen-bond acceptors (Lipinski definition) is 10. The summed E-state index contributed by atoms with van der Waals surface area (Å²) in [6, 6.07) is 0. The van der Waals surface area contributed by atoms with Crippen LogP contribution in [0.3, 0.4) is 0 Å². The van der Waals surface area contributed by atoms with Crippen LogP contribution in [0, 0.1) is 57.7 Å². The van der Waals surface area contributed by atoms with Crippen LogP contribution in [0.25, 0.3) is 0 Å². The lowest BCUT2D eigenvalue weighted by Crippen LogP contribution is -2.51. The van der Waals surface area contributed by atoms with Gasteiger partial charge in [-0.25, -0.2) is 4.79 Å². The Hall–Kier alpha value is -2.49. The Kier molecular flexibility index (Phi) is 13.3. The summed E-state index contributed by atoms with van der Waals surface area (Å²) in [7, 11) is -5.50. The van der Waals surface area contributed by atoms with Crippen molar-refractivity contribution in [3.8, 4) is 0 Å². The maximum atomic E-state index is 14.4. The summed E-state index contributed by atoms with van der Waals surface area (Å²) < 4.78 is 110. The molecule has 0 aromatic rings. The van der Waals surface area contributed by atoms with Gasteiger partial charge >= 0.3 is 35.7 Å². The second-order valence-electron chi connectivity index (χ2n) is 20.2. The maximum absolute atomic E-state index is 14.4. The van der Waals surface area contributed by atoms with E-state index in [1.54, 1.807) is 0 Å². The lowest BCUT2D eigenvalue weighted by atomic mass is 9.56. The van der Waals surface area contributed by atoms with E-state index in [0.29, 0.717) is 30.1 Å². The molecule has 0 amide bonds. The average molecular weight is 851 g/mol. The van der Waals surface area contributed by atoms with Gasteiger partial charge in [0.25, 0.3) is 10.1 Å². The number of alkyl halides is 4. The molecule has 0 aliphatic heterocycles. The van der Waals surface area contributed by atoms with Crippen LogP contribution >= 0.6 is 0 Å². The molecule has 6 rings (SSSR count). The Labute approximate surface area is 339 Å². The van der Waals surface area contributed by atoms with E-state index in [1.165, 1.54) is 0 Å². The van der Waals surface area contributed by atoms with E-state index in [9.17, 15) is 45.2 Å². The van der Waals surface area contributed by atoms with Crippen LogP contribution in [0.15, 0.2) is 0 Å². The van der Waals surface area contributed by atoms with Crippen molar-refractivity contribution < 1.29 is 68.7 Å². The van der Waals surface area contributed by atoms with Crippen molar-refractivity contribution in [2.24, 2.45) is 57.7 Å². The Bertz CT molecular complexity index is 1650. The molecule has 10 unspecified atom stereocenters. The van der Waals surface area contributed by atoms with Crippen LogP contribution in [-0.4, -0.2) is 80.4 Å². The molecule has 0 radical (unpaired) electrons. The number of carbonyl (C=O) groups excluding carboxylic acids is 4. The Morgan fingerprint density at radius 1 is 0.707 bits per heavy atom. The number of ether oxygens (including phenoxy) is 4. The molecule has 6 aliphatic carbocycles. The van der Waals surface area contributed by atoms with Crippen LogP contribution in [0.4, 0.5) is 17.6 Å². The summed E-state index contributed by atoms with van der Waals surface area (Å²) in [5, 5.41) is 0. The molecular formula is C42H62F4O11S. The predicted octanol–water partition coefficient (Wildman–Crippen LogP) is 8.12. The molecule has 1 N–H and O–H groups in total. The standard InChI is InChI=1S/C42H62F4O11S/c1-26-10-29-6-4-8-38(15-26,18-29)22-54-34(47)14-33(36(49)55-23-39-9-5-7-30(19-39)11-27(2)16-39)57-37(50)40-17-28(3)12-31(20-40)13-32(21-40)35(48)56-24-41(43,44)42(45,46)25-58(51,52)53/h26-33H,4-25H2,1-3H3,(H,51,52,53)/t26?,27?,28-,29?,30?,31?,32?,33?,38?,39?,40?/m1/s1. The Morgan fingerprint density at radius 3 is 1.84 bits per heavy atom. The Morgan fingerprint density at radius 2 is 1.26 bits per heavy atom. The molecule has 330 valence electrons. The van der Waals surface area contributed by atoms with Crippen LogP contribution in [0.1, 0.15) is 136 Å². The summed E-state index contributed by atoms with van der Waals surface area (Å²) in [6.45, 7) is 4.51. The normalized spacial score (nSPS) is 36.9. The molecule has 16 heteroatoms. The molecule has 6 fully saturated rings. The van der Waals surface area contributed by atoms with Gasteiger partial charge in [-0.1, -0.05) is 46.5 Å². The van der Waals surface area contributed by atoms with Crippen molar-refractivity contribution in [2.75, 3.05) is 25.6 Å². The van der Waals surface area contributed by atoms with Gasteiger partial charge in [-0.3, -0.25) is 18.9 Å². The fraction of sp³-hybridized carbons (Fsp3) is 0.905. The third-order valence-corrected chi connectivity index (χ3v) is 15.2. The Balaban J connectivity index is 1.16. The highest BCUT2D eigenvalue weighted by molar-refractivity contribution is 7.85. The van der Waals surface area contributed by atoms with E-state index in [-0.39, 0.29) is 61.6 Å². The first-order valence-electron chi connectivity index (χ1n) is 21.4. The molecule has 6 aliphatic rings. The zero-order valence-electron chi connectivity index (χ0n) is 34.1. The SMILES string of the molecule is CC1CC2CCCC(COC(=O)CC(OC(=O)C34CC(CC(C(=O)OCC(F)(F)C(F)(F)CS(=O)(=O)O)C3)C[C@@H](C)C4)C(=O)OCC34CCCC(CC(C)C3)C4)(C1)C2. The van der Waals surface area contributed by atoms with Gasteiger partial charge in [0.05, 0.1) is 31.0 Å². The highest BCUT2D eigenvalue weighted by Crippen LogP contribution is 2.55. The minimum Gasteiger partial charge on any atom is -0.465 e. The number of hydrogen-bond donors (Lipinski definition) is 1. The van der Waals surface area contributed by atoms with Crippen molar-refractivity contribution in [1.29, 1.82) is 0 Å². The highest BCUT2D eigenvalue weighted by atomic mass is 32.2. The first kappa shape index (κ1) is 45.0. The minimum atomic E-state index is -5.50. The second kappa shape index (κ2) is 17.1. The molecule has 6 saturated carbocycles. The van der Waals surface area contributed by atoms with E-state index >= 15 is 0 Å². The second-order valence-corrected chi connectivity index (χ2v) is 21.6. The van der Waals surface area contributed by atoms with Gasteiger partial charge < -0.3 is 18.9 Å². The van der Waals surface area contributed by atoms with Crippen molar-refractivity contribution >= 4 is 34.0 Å². The van der Waals surface area contributed by atoms with Gasteiger partial charge in [-0.15, -0.1) is 0 Å². The number of carbonyl (C=O) groups is 4. The van der Waals surface area contributed by atoms with Gasteiger partial charge in [0.15, 0.2) is 6.61 Å². The fourth-order valence-electron chi connectivity index (χ4n) is 12.8. The quantitative estimate of drug-likeness (QED) is 0.0734. The number of fused-ring (bicyclic) bond motifs is 6. The van der Waals surface area contributed by atoms with Gasteiger partial charge in [0.1, 0.15) is 5.75 Å². The van der Waals surface area contributed by atoms with Crippen molar-refractivity contribution in [3.63, 3.8) is 0 Å². The van der Waals surface area contributed by atoms with E-state index < -0.39 is 82.1 Å². The average Bonchev–Trinajstić information content (AvgIpc) is 3.09. The third-order valence-electron chi connectivity index (χ3n) is 14.5. The monoisotopic (exact) mass is 850 g/mol. The van der Waals surface area contributed by atoms with Crippen molar-refractivity contribution in [1.82, 2.24) is 0 Å². The van der Waals surface area contributed by atoms with Gasteiger partial charge in [-0.05, 0) is 119 Å². The number of rotatable bonds is 15. The van der Waals surface area contributed by atoms with E-state index in [2.05, 4.69) is 18.6 Å². The summed E-state index contributed by atoms with van der Waals surface area (Å²) in [6.07, 6.45) is 10.9. The highest BCUT2D eigenvalue weighted by Gasteiger charge is 2.60. The zero-order chi connectivity index (χ0) is 42.3. The molecule has 0 aromatic heterocycles. The van der Waals surface area contributed by atoms with Crippen LogP contribution in [0.5, 0.6) is 0 Å². The molecule has 0 spiro atoms. The predicted molar refractivity (Wildman–Crippen MR) is 201 cm³/mol. The lowest BCUT2D eigenvalue weighted by molar-refractivity contribution is -0.223. The van der Waals surface area contributed by atoms with Crippen LogP contribution < -0.4 is 0 Å². The molecule has 0 heterocycles. The molecule has 6 bridgehead atoms. The first-order chi connectivity index (χ1) is 27.0. The molecule has 58 heavy (non-hydrogen) atoms. The summed E-state index contributed by atoms with van der Waals surface area (Å²) in [5.41, 5.74) is -1.72. The zero-order valence-corrected chi connectivity index (χ0v) is 34.9. The largest absolute Gasteiger partial charge is 0.465 e. The maximum Gasteiger partial charge on any atom is 0.348 e. The van der Waals surface area contributed by atoms with Crippen molar-refractivity contribution in [2.45, 2.75) is 154 Å². The van der Waals surface area contributed by atoms with Crippen LogP contribution in [0.2, 0.25) is 0 Å². The van der Waals surface area contributed by atoms with E-state index in [1.807, 2.05) is 6.92 Å². The van der Waals surface area contributed by atoms with Crippen LogP contribution in [-0.2, 0) is 48.2 Å². The summed E-state index contributed by atoms with van der Waals surface area (Å²) in [4.78, 5) is 55.2. The lowest BCUT2D eigenvalue weighted by Gasteiger charge is -2.48. The minimum absolute atomic E-state index is 0.0369. The third kappa shape index (κ3) is 10.7. The van der Waals surface area contributed by atoms with E-state index in [0.717, 1.165) is 77.0 Å². The smallest absolute Gasteiger partial charge is 0.348 e. The van der Waals surface area contributed by atoms with E-state index in [4.69, 9.17) is 18.8 Å². The summed E-state index contributed by atoms with van der Waals surface area (Å²) >= 11 is 0. The number of halogens is 4. The van der Waals surface area contributed by atoms with Gasteiger partial charge in [-0.2, -0.15) is 26.0 Å². The molecule has 11 nitrogen and oxygen atoms in total. The molecule has 0 saturated heterocycles. The first-order valence-corrected chi connectivity index (χ1v) is 23.0. The van der Waals surface area contributed by atoms with Gasteiger partial charge in [0, 0.05) is 10.8 Å². The molecule has 0 aromatic carbocycles. The topological polar surface area (TPSA) is 160 Å². The van der Waals surface area contributed by atoms with Crippen molar-refractivity contribution in [3.05, 3.63) is 0 Å². The molecular weight excluding hydrogens is 789 g/mol. The number of esters is 4. The fourth-order valence-corrected chi connectivity index (χ4v) is 13.5. The summed E-state index contributed by atoms with van der Waals surface area (Å²) in [5.74, 6) is -16.0.